The van der Waals surface area contributed by atoms with Crippen molar-refractivity contribution in [3.63, 3.8) is 0 Å². The molecule has 2 saturated heterocycles. The highest BCUT2D eigenvalue weighted by Crippen LogP contribution is 2.41. The summed E-state index contributed by atoms with van der Waals surface area (Å²) in [5.74, 6) is 1.91. The van der Waals surface area contributed by atoms with Crippen LogP contribution in [0, 0.1) is 5.41 Å². The molecule has 2 heterocycles. The first-order valence-electron chi connectivity index (χ1n) is 10.5. The lowest BCUT2D eigenvalue weighted by molar-refractivity contribution is -0.126. The Morgan fingerprint density at radius 1 is 1.11 bits per heavy atom. The predicted molar refractivity (Wildman–Crippen MR) is 110 cm³/mol. The minimum atomic E-state index is 0.249. The Bertz CT molecular complexity index is 760. The van der Waals surface area contributed by atoms with Crippen LogP contribution >= 0.6 is 0 Å². The molecule has 5 heteroatoms. The Balaban J connectivity index is 1.43. The van der Waals surface area contributed by atoms with Crippen LogP contribution in [0.1, 0.15) is 44.1 Å². The van der Waals surface area contributed by atoms with Crippen molar-refractivity contribution in [2.45, 2.75) is 45.1 Å². The number of methoxy groups -OCH3 is 2. The minimum absolute atomic E-state index is 0.249. The lowest BCUT2D eigenvalue weighted by Crippen LogP contribution is -2.45. The number of hydrogen-bond donors (Lipinski definition) is 0. The third-order valence-electron chi connectivity index (χ3n) is 6.66. The standard InChI is InChI=1S/C23H32N2O3/c1-27-20-10-5-9-19(21(20)28-2)15-24-13-6-11-23(16-24)12-14-25(17-23)22(26)18-7-3-4-8-18/h5,7,9-10H,3-4,6,8,11-17H2,1-2H3/t23-/m1/s1. The second kappa shape index (κ2) is 8.16. The van der Waals surface area contributed by atoms with Crippen molar-refractivity contribution in [3.8, 4) is 11.5 Å². The number of piperidine rings is 1. The van der Waals surface area contributed by atoms with E-state index in [2.05, 4.69) is 21.9 Å². The quantitative estimate of drug-likeness (QED) is 0.777. The van der Waals surface area contributed by atoms with E-state index in [4.69, 9.17) is 9.47 Å². The van der Waals surface area contributed by atoms with E-state index in [1.165, 1.54) is 18.4 Å². The normalized spacial score (nSPS) is 25.2. The number of benzene rings is 1. The molecule has 1 aromatic carbocycles. The van der Waals surface area contributed by atoms with E-state index >= 15 is 0 Å². The van der Waals surface area contributed by atoms with Crippen LogP contribution in [0.15, 0.2) is 29.8 Å². The molecular weight excluding hydrogens is 352 g/mol. The molecule has 3 aliphatic rings. The summed E-state index contributed by atoms with van der Waals surface area (Å²) in [4.78, 5) is 17.5. The highest BCUT2D eigenvalue weighted by atomic mass is 16.5. The van der Waals surface area contributed by atoms with Crippen molar-refractivity contribution in [3.05, 3.63) is 35.4 Å². The molecule has 0 aromatic heterocycles. The molecule has 0 bridgehead atoms. The maximum atomic E-state index is 12.8. The van der Waals surface area contributed by atoms with E-state index in [0.29, 0.717) is 5.91 Å². The van der Waals surface area contributed by atoms with Crippen molar-refractivity contribution in [2.75, 3.05) is 40.4 Å². The van der Waals surface area contributed by atoms with Gasteiger partial charge in [-0.25, -0.2) is 0 Å². The smallest absolute Gasteiger partial charge is 0.249 e. The zero-order valence-electron chi connectivity index (χ0n) is 17.2. The van der Waals surface area contributed by atoms with Gasteiger partial charge < -0.3 is 14.4 Å². The first-order valence-corrected chi connectivity index (χ1v) is 10.5. The van der Waals surface area contributed by atoms with Crippen LogP contribution in [-0.4, -0.2) is 56.1 Å². The van der Waals surface area contributed by atoms with E-state index in [0.717, 1.165) is 75.5 Å². The molecule has 4 rings (SSSR count). The number of likely N-dealkylation sites (tertiary alicyclic amines) is 2. The number of nitrogens with zero attached hydrogens (tertiary/aromatic N) is 2. The van der Waals surface area contributed by atoms with Gasteiger partial charge in [-0.2, -0.15) is 0 Å². The highest BCUT2D eigenvalue weighted by Gasteiger charge is 2.43. The van der Waals surface area contributed by atoms with Crippen LogP contribution in [-0.2, 0) is 11.3 Å². The maximum absolute atomic E-state index is 12.8. The van der Waals surface area contributed by atoms with Gasteiger partial charge in [-0.3, -0.25) is 9.69 Å². The van der Waals surface area contributed by atoms with Crippen molar-refractivity contribution in [2.24, 2.45) is 5.41 Å². The molecule has 152 valence electrons. The summed E-state index contributed by atoms with van der Waals surface area (Å²) in [6.07, 6.45) is 8.85. The fourth-order valence-electron chi connectivity index (χ4n) is 5.27. The Hall–Kier alpha value is -2.01. The van der Waals surface area contributed by atoms with Crippen LogP contribution in [0.25, 0.3) is 0 Å². The predicted octanol–water partition coefficient (Wildman–Crippen LogP) is 3.63. The molecular formula is C23H32N2O3. The van der Waals surface area contributed by atoms with Crippen LogP contribution in [0.2, 0.25) is 0 Å². The van der Waals surface area contributed by atoms with Gasteiger partial charge in [-0.15, -0.1) is 0 Å². The average molecular weight is 385 g/mol. The van der Waals surface area contributed by atoms with E-state index in [9.17, 15) is 4.79 Å². The molecule has 1 spiro atoms. The second-order valence-corrected chi connectivity index (χ2v) is 8.57. The van der Waals surface area contributed by atoms with Crippen molar-refractivity contribution >= 4 is 5.91 Å². The van der Waals surface area contributed by atoms with Crippen molar-refractivity contribution < 1.29 is 14.3 Å². The molecule has 1 aliphatic carbocycles. The van der Waals surface area contributed by atoms with E-state index in [1.54, 1.807) is 14.2 Å². The molecule has 5 nitrogen and oxygen atoms in total. The zero-order valence-corrected chi connectivity index (χ0v) is 17.2. The molecule has 0 unspecified atom stereocenters. The number of carbonyl (C=O) groups excluding carboxylic acids is 1. The monoisotopic (exact) mass is 384 g/mol. The van der Waals surface area contributed by atoms with Gasteiger partial charge in [0.15, 0.2) is 11.5 Å². The maximum Gasteiger partial charge on any atom is 0.249 e. The Labute approximate surface area is 168 Å². The fraction of sp³-hybridized carbons (Fsp3) is 0.609. The summed E-state index contributed by atoms with van der Waals surface area (Å²) in [5, 5.41) is 0. The molecule has 2 aliphatic heterocycles. The average Bonchev–Trinajstić information content (AvgIpc) is 3.38. The molecule has 1 aromatic rings. The summed E-state index contributed by atoms with van der Waals surface area (Å²) in [6.45, 7) is 4.83. The van der Waals surface area contributed by atoms with Crippen molar-refractivity contribution in [1.82, 2.24) is 9.80 Å². The number of ether oxygens (including phenoxy) is 2. The minimum Gasteiger partial charge on any atom is -0.493 e. The van der Waals surface area contributed by atoms with E-state index < -0.39 is 0 Å². The van der Waals surface area contributed by atoms with E-state index in [-0.39, 0.29) is 5.41 Å². The van der Waals surface area contributed by atoms with Gasteiger partial charge in [0.05, 0.1) is 14.2 Å². The molecule has 0 N–H and O–H groups in total. The number of rotatable bonds is 5. The summed E-state index contributed by atoms with van der Waals surface area (Å²) in [7, 11) is 3.39. The molecule has 1 atom stereocenters. The third-order valence-corrected chi connectivity index (χ3v) is 6.66. The summed E-state index contributed by atoms with van der Waals surface area (Å²) in [6, 6.07) is 6.10. The van der Waals surface area contributed by atoms with Gasteiger partial charge in [0.25, 0.3) is 0 Å². The molecule has 28 heavy (non-hydrogen) atoms. The van der Waals surface area contributed by atoms with Crippen molar-refractivity contribution in [1.29, 1.82) is 0 Å². The zero-order chi connectivity index (χ0) is 19.6. The van der Waals surface area contributed by atoms with Gasteiger partial charge in [0.2, 0.25) is 5.91 Å². The van der Waals surface area contributed by atoms with Gasteiger partial charge >= 0.3 is 0 Å². The lowest BCUT2D eigenvalue weighted by Gasteiger charge is -2.40. The van der Waals surface area contributed by atoms with Crippen LogP contribution in [0.5, 0.6) is 11.5 Å². The Kier molecular flexibility index (Phi) is 5.63. The number of amides is 1. The summed E-state index contributed by atoms with van der Waals surface area (Å²) in [5.41, 5.74) is 2.46. The van der Waals surface area contributed by atoms with Crippen LogP contribution in [0.4, 0.5) is 0 Å². The molecule has 0 radical (unpaired) electrons. The summed E-state index contributed by atoms with van der Waals surface area (Å²) < 4.78 is 11.1. The highest BCUT2D eigenvalue weighted by molar-refractivity contribution is 5.94. The second-order valence-electron chi connectivity index (χ2n) is 8.57. The first-order chi connectivity index (χ1) is 13.6. The Morgan fingerprint density at radius 3 is 2.75 bits per heavy atom. The SMILES string of the molecule is COc1cccc(CN2CCC[C@@]3(CCN(C(=O)C4=CCCC4)C3)C2)c1OC. The summed E-state index contributed by atoms with van der Waals surface area (Å²) >= 11 is 0. The largest absolute Gasteiger partial charge is 0.493 e. The van der Waals surface area contributed by atoms with Gasteiger partial charge in [0.1, 0.15) is 0 Å². The molecule has 1 amide bonds. The number of para-hydroxylation sites is 1. The first kappa shape index (κ1) is 19.3. The Morgan fingerprint density at radius 2 is 2.00 bits per heavy atom. The lowest BCUT2D eigenvalue weighted by atomic mass is 9.79. The fourth-order valence-corrected chi connectivity index (χ4v) is 5.27. The van der Waals surface area contributed by atoms with Crippen LogP contribution < -0.4 is 9.47 Å². The van der Waals surface area contributed by atoms with Crippen LogP contribution in [0.3, 0.4) is 0 Å². The topological polar surface area (TPSA) is 42.0 Å². The molecule has 2 fully saturated rings. The third kappa shape index (κ3) is 3.77. The number of allylic oxidation sites excluding steroid dienone is 1. The molecule has 0 saturated carbocycles. The van der Waals surface area contributed by atoms with E-state index in [1.807, 2.05) is 12.1 Å². The number of carbonyl (C=O) groups is 1. The van der Waals surface area contributed by atoms with Gasteiger partial charge in [0, 0.05) is 42.7 Å². The van der Waals surface area contributed by atoms with Gasteiger partial charge in [-0.1, -0.05) is 18.2 Å². The number of hydrogen-bond acceptors (Lipinski definition) is 4. The van der Waals surface area contributed by atoms with Gasteiger partial charge in [-0.05, 0) is 51.1 Å².